The standard InChI is InChI=1S/C19H22N6O3/c1-23-5-7-24(8-6-23)11-14-3-2-4-15(9-14)19(27)28-13-25-17-16(10-22-25)18(26)21-12-20-17/h2-4,9-10,12H,5-8,11,13H2,1H3,(H,20,21,26). The predicted octanol–water partition coefficient (Wildman–Crippen LogP) is 0.681. The van der Waals surface area contributed by atoms with Crippen LogP contribution in [-0.2, 0) is 18.0 Å². The highest BCUT2D eigenvalue weighted by Gasteiger charge is 2.15. The minimum absolute atomic E-state index is 0.110. The molecule has 0 atom stereocenters. The van der Waals surface area contributed by atoms with Gasteiger partial charge in [0, 0.05) is 32.7 Å². The van der Waals surface area contributed by atoms with E-state index in [1.54, 1.807) is 6.07 Å². The van der Waals surface area contributed by atoms with Crippen LogP contribution in [0.5, 0.6) is 0 Å². The Balaban J connectivity index is 1.40. The average Bonchev–Trinajstić information content (AvgIpc) is 3.13. The Morgan fingerprint density at radius 1 is 1.25 bits per heavy atom. The number of hydrogen-bond acceptors (Lipinski definition) is 7. The van der Waals surface area contributed by atoms with Gasteiger partial charge in [-0.2, -0.15) is 5.10 Å². The molecule has 3 aromatic rings. The number of aromatic nitrogens is 4. The molecular formula is C19H22N6O3. The van der Waals surface area contributed by atoms with Crippen molar-refractivity contribution in [3.63, 3.8) is 0 Å². The van der Waals surface area contributed by atoms with E-state index in [1.165, 1.54) is 17.2 Å². The molecule has 1 N–H and O–H groups in total. The van der Waals surface area contributed by atoms with Gasteiger partial charge in [0.25, 0.3) is 5.56 Å². The highest BCUT2D eigenvalue weighted by atomic mass is 16.5. The summed E-state index contributed by atoms with van der Waals surface area (Å²) in [6, 6.07) is 7.49. The topological polar surface area (TPSA) is 96.4 Å². The van der Waals surface area contributed by atoms with Gasteiger partial charge in [-0.25, -0.2) is 14.5 Å². The Hall–Kier alpha value is -3.04. The fraction of sp³-hybridized carbons (Fsp3) is 0.368. The first kappa shape index (κ1) is 18.3. The molecule has 0 saturated carbocycles. The lowest BCUT2D eigenvalue weighted by Crippen LogP contribution is -2.43. The number of H-pyrrole nitrogens is 1. The van der Waals surface area contributed by atoms with Crippen LogP contribution in [0.3, 0.4) is 0 Å². The van der Waals surface area contributed by atoms with Crippen LogP contribution in [-0.4, -0.2) is 68.7 Å². The molecule has 2 aromatic heterocycles. The van der Waals surface area contributed by atoms with Crippen LogP contribution < -0.4 is 5.56 Å². The van der Waals surface area contributed by atoms with Gasteiger partial charge in [0.1, 0.15) is 5.39 Å². The summed E-state index contributed by atoms with van der Waals surface area (Å²) in [6.45, 7) is 4.84. The Morgan fingerprint density at radius 3 is 2.89 bits per heavy atom. The first-order valence-electron chi connectivity index (χ1n) is 9.16. The molecule has 3 heterocycles. The quantitative estimate of drug-likeness (QED) is 0.648. The number of carbonyl (C=O) groups excluding carboxylic acids is 1. The van der Waals surface area contributed by atoms with Crippen molar-refractivity contribution in [2.75, 3.05) is 33.2 Å². The molecule has 146 valence electrons. The molecule has 9 nitrogen and oxygen atoms in total. The Bertz CT molecular complexity index is 1040. The average molecular weight is 382 g/mol. The van der Waals surface area contributed by atoms with E-state index in [9.17, 15) is 9.59 Å². The first-order valence-corrected chi connectivity index (χ1v) is 9.16. The van der Waals surface area contributed by atoms with Crippen molar-refractivity contribution in [1.82, 2.24) is 29.5 Å². The minimum Gasteiger partial charge on any atom is -0.439 e. The van der Waals surface area contributed by atoms with Crippen molar-refractivity contribution in [2.24, 2.45) is 0 Å². The number of esters is 1. The number of aromatic amines is 1. The number of piperazine rings is 1. The molecule has 0 bridgehead atoms. The zero-order valence-electron chi connectivity index (χ0n) is 15.7. The molecular weight excluding hydrogens is 360 g/mol. The fourth-order valence-corrected chi connectivity index (χ4v) is 3.26. The lowest BCUT2D eigenvalue weighted by Gasteiger charge is -2.32. The second-order valence-electron chi connectivity index (χ2n) is 6.95. The normalized spacial score (nSPS) is 15.8. The number of nitrogens with zero attached hydrogens (tertiary/aromatic N) is 5. The lowest BCUT2D eigenvalue weighted by molar-refractivity contribution is 0.0357. The van der Waals surface area contributed by atoms with E-state index < -0.39 is 5.97 Å². The molecule has 28 heavy (non-hydrogen) atoms. The van der Waals surface area contributed by atoms with Crippen LogP contribution >= 0.6 is 0 Å². The second kappa shape index (κ2) is 7.91. The predicted molar refractivity (Wildman–Crippen MR) is 103 cm³/mol. The Labute approximate surface area is 161 Å². The van der Waals surface area contributed by atoms with Gasteiger partial charge in [-0.05, 0) is 24.7 Å². The van der Waals surface area contributed by atoms with E-state index in [0.29, 0.717) is 16.6 Å². The third kappa shape index (κ3) is 3.95. The fourth-order valence-electron chi connectivity index (χ4n) is 3.26. The summed E-state index contributed by atoms with van der Waals surface area (Å²) in [5.74, 6) is -0.436. The zero-order chi connectivity index (χ0) is 19.5. The molecule has 0 spiro atoms. The van der Waals surface area contributed by atoms with Crippen LogP contribution in [0.4, 0.5) is 0 Å². The third-order valence-electron chi connectivity index (χ3n) is 4.92. The van der Waals surface area contributed by atoms with E-state index in [1.807, 2.05) is 18.2 Å². The number of rotatable bonds is 5. The minimum atomic E-state index is -0.436. The van der Waals surface area contributed by atoms with Crippen molar-refractivity contribution in [3.8, 4) is 0 Å². The number of hydrogen-bond donors (Lipinski definition) is 1. The molecule has 1 saturated heterocycles. The van der Waals surface area contributed by atoms with Crippen LogP contribution in [0.15, 0.2) is 41.6 Å². The zero-order valence-corrected chi connectivity index (χ0v) is 15.7. The van der Waals surface area contributed by atoms with Gasteiger partial charge in [0.15, 0.2) is 12.4 Å². The maximum absolute atomic E-state index is 12.5. The Morgan fingerprint density at radius 2 is 2.07 bits per heavy atom. The molecule has 9 heteroatoms. The number of nitrogens with one attached hydrogen (secondary N) is 1. The highest BCUT2D eigenvalue weighted by molar-refractivity contribution is 5.89. The van der Waals surface area contributed by atoms with Gasteiger partial charge >= 0.3 is 5.97 Å². The molecule has 1 aliphatic heterocycles. The number of ether oxygens (including phenoxy) is 1. The summed E-state index contributed by atoms with van der Waals surface area (Å²) >= 11 is 0. The Kier molecular flexibility index (Phi) is 5.18. The summed E-state index contributed by atoms with van der Waals surface area (Å²) in [4.78, 5) is 35.4. The maximum Gasteiger partial charge on any atom is 0.339 e. The van der Waals surface area contributed by atoms with Gasteiger partial charge in [0.05, 0.1) is 18.1 Å². The van der Waals surface area contributed by atoms with E-state index in [2.05, 4.69) is 31.9 Å². The lowest BCUT2D eigenvalue weighted by atomic mass is 10.1. The molecule has 0 radical (unpaired) electrons. The van der Waals surface area contributed by atoms with Gasteiger partial charge in [0.2, 0.25) is 0 Å². The van der Waals surface area contributed by atoms with Crippen LogP contribution in [0.1, 0.15) is 15.9 Å². The van der Waals surface area contributed by atoms with Gasteiger partial charge in [-0.3, -0.25) is 9.69 Å². The molecule has 1 aromatic carbocycles. The van der Waals surface area contributed by atoms with Gasteiger partial charge in [-0.15, -0.1) is 0 Å². The summed E-state index contributed by atoms with van der Waals surface area (Å²) in [5, 5.41) is 4.42. The number of fused-ring (bicyclic) bond motifs is 1. The van der Waals surface area contributed by atoms with Gasteiger partial charge < -0.3 is 14.6 Å². The summed E-state index contributed by atoms with van der Waals surface area (Å²) in [5.41, 5.74) is 1.67. The largest absolute Gasteiger partial charge is 0.439 e. The van der Waals surface area contributed by atoms with Crippen LogP contribution in [0.25, 0.3) is 11.0 Å². The monoisotopic (exact) mass is 382 g/mol. The first-order chi connectivity index (χ1) is 13.6. The van der Waals surface area contributed by atoms with E-state index in [0.717, 1.165) is 38.3 Å². The molecule has 0 aliphatic carbocycles. The number of carbonyl (C=O) groups is 1. The molecule has 0 amide bonds. The molecule has 1 aliphatic rings. The van der Waals surface area contributed by atoms with Crippen LogP contribution in [0.2, 0.25) is 0 Å². The third-order valence-corrected chi connectivity index (χ3v) is 4.92. The SMILES string of the molecule is CN1CCN(Cc2cccc(C(=O)OCn3ncc4c(=O)[nH]cnc43)c2)CC1. The maximum atomic E-state index is 12.5. The van der Waals surface area contributed by atoms with E-state index in [4.69, 9.17) is 4.74 Å². The van der Waals surface area contributed by atoms with Crippen molar-refractivity contribution in [1.29, 1.82) is 0 Å². The molecule has 1 fully saturated rings. The number of likely N-dealkylation sites (N-methyl/N-ethyl adjacent to an activating group) is 1. The number of benzene rings is 1. The van der Waals surface area contributed by atoms with Crippen molar-refractivity contribution in [3.05, 3.63) is 58.3 Å². The summed E-state index contributed by atoms with van der Waals surface area (Å²) in [6.07, 6.45) is 2.71. The summed E-state index contributed by atoms with van der Waals surface area (Å²) < 4.78 is 6.75. The van der Waals surface area contributed by atoms with Crippen molar-refractivity contribution >= 4 is 17.0 Å². The highest BCUT2D eigenvalue weighted by Crippen LogP contribution is 2.12. The smallest absolute Gasteiger partial charge is 0.339 e. The molecule has 4 rings (SSSR count). The summed E-state index contributed by atoms with van der Waals surface area (Å²) in [7, 11) is 2.13. The van der Waals surface area contributed by atoms with E-state index in [-0.39, 0.29) is 12.3 Å². The van der Waals surface area contributed by atoms with Crippen molar-refractivity contribution < 1.29 is 9.53 Å². The molecule has 0 unspecified atom stereocenters. The van der Waals surface area contributed by atoms with Crippen molar-refractivity contribution in [2.45, 2.75) is 13.3 Å². The second-order valence-corrected chi connectivity index (χ2v) is 6.95. The van der Waals surface area contributed by atoms with Gasteiger partial charge in [-0.1, -0.05) is 12.1 Å². The van der Waals surface area contributed by atoms with E-state index >= 15 is 0 Å². The van der Waals surface area contributed by atoms with Crippen LogP contribution in [0, 0.1) is 0 Å².